The fourth-order valence-electron chi connectivity index (χ4n) is 1.09. The minimum atomic E-state index is -0.629. The maximum absolute atomic E-state index is 13.2. The first kappa shape index (κ1) is 10.8. The van der Waals surface area contributed by atoms with Gasteiger partial charge in [-0.05, 0) is 6.42 Å². The molecule has 0 heterocycles. The number of anilines is 1. The van der Waals surface area contributed by atoms with Gasteiger partial charge in [0.2, 0.25) is 0 Å². The number of halogens is 2. The summed E-state index contributed by atoms with van der Waals surface area (Å²) in [6.07, 6.45) is 0.810. The number of ether oxygens (including phenoxy) is 1. The van der Waals surface area contributed by atoms with E-state index in [0.717, 1.165) is 18.6 Å². The van der Waals surface area contributed by atoms with Crippen molar-refractivity contribution in [3.8, 4) is 5.75 Å². The Balaban J connectivity index is 2.93. The van der Waals surface area contributed by atoms with Crippen LogP contribution in [0.3, 0.4) is 0 Å². The highest BCUT2D eigenvalue weighted by Gasteiger charge is 2.10. The molecule has 0 saturated carbocycles. The SMILES string of the molecule is CCCNc1c(F)cc(OC)cc1F. The Labute approximate surface area is 81.9 Å². The summed E-state index contributed by atoms with van der Waals surface area (Å²) >= 11 is 0. The van der Waals surface area contributed by atoms with Crippen molar-refractivity contribution in [1.82, 2.24) is 0 Å². The summed E-state index contributed by atoms with van der Waals surface area (Å²) in [5, 5.41) is 2.68. The van der Waals surface area contributed by atoms with Gasteiger partial charge in [0.1, 0.15) is 11.4 Å². The number of methoxy groups -OCH3 is 1. The highest BCUT2D eigenvalue weighted by molar-refractivity contribution is 5.49. The third kappa shape index (κ3) is 2.34. The molecule has 1 rings (SSSR count). The maximum Gasteiger partial charge on any atom is 0.152 e. The zero-order valence-electron chi connectivity index (χ0n) is 8.23. The maximum atomic E-state index is 13.2. The van der Waals surface area contributed by atoms with E-state index >= 15 is 0 Å². The van der Waals surface area contributed by atoms with Crippen LogP contribution in [0.4, 0.5) is 14.5 Å². The molecule has 1 aromatic carbocycles. The number of rotatable bonds is 4. The second-order valence-electron chi connectivity index (χ2n) is 2.89. The molecule has 0 atom stereocenters. The largest absolute Gasteiger partial charge is 0.497 e. The minimum absolute atomic E-state index is 0.0901. The number of hydrogen-bond acceptors (Lipinski definition) is 2. The van der Waals surface area contributed by atoms with Crippen molar-refractivity contribution in [2.45, 2.75) is 13.3 Å². The van der Waals surface area contributed by atoms with E-state index in [1.807, 2.05) is 6.92 Å². The first-order valence-corrected chi connectivity index (χ1v) is 4.46. The van der Waals surface area contributed by atoms with Gasteiger partial charge in [0.15, 0.2) is 11.6 Å². The molecule has 0 radical (unpaired) electrons. The summed E-state index contributed by atoms with van der Waals surface area (Å²) in [6, 6.07) is 2.31. The molecule has 0 unspecified atom stereocenters. The van der Waals surface area contributed by atoms with Crippen LogP contribution in [0.1, 0.15) is 13.3 Å². The third-order valence-electron chi connectivity index (χ3n) is 1.80. The fraction of sp³-hybridized carbons (Fsp3) is 0.400. The molecule has 0 aromatic heterocycles. The number of nitrogens with one attached hydrogen (secondary N) is 1. The van der Waals surface area contributed by atoms with Crippen LogP contribution in [0.5, 0.6) is 5.75 Å². The van der Waals surface area contributed by atoms with Gasteiger partial charge in [0, 0.05) is 18.7 Å². The van der Waals surface area contributed by atoms with E-state index in [9.17, 15) is 8.78 Å². The average Bonchev–Trinajstić information content (AvgIpc) is 2.16. The summed E-state index contributed by atoms with van der Waals surface area (Å²) in [5.41, 5.74) is -0.0901. The van der Waals surface area contributed by atoms with Crippen LogP contribution in [-0.4, -0.2) is 13.7 Å². The molecule has 0 amide bonds. The lowest BCUT2D eigenvalue weighted by Crippen LogP contribution is -2.04. The van der Waals surface area contributed by atoms with Crippen LogP contribution >= 0.6 is 0 Å². The molecule has 1 N–H and O–H groups in total. The normalized spacial score (nSPS) is 10.0. The van der Waals surface area contributed by atoms with Gasteiger partial charge >= 0.3 is 0 Å². The Kier molecular flexibility index (Phi) is 3.68. The molecule has 0 aliphatic heterocycles. The quantitative estimate of drug-likeness (QED) is 0.808. The summed E-state index contributed by atoms with van der Waals surface area (Å²) in [7, 11) is 1.37. The van der Waals surface area contributed by atoms with E-state index < -0.39 is 11.6 Å². The van der Waals surface area contributed by atoms with E-state index in [0.29, 0.717) is 6.54 Å². The first-order chi connectivity index (χ1) is 6.69. The van der Waals surface area contributed by atoms with Gasteiger partial charge in [0.25, 0.3) is 0 Å². The highest BCUT2D eigenvalue weighted by atomic mass is 19.1. The molecule has 0 fully saturated rings. The predicted molar refractivity (Wildman–Crippen MR) is 51.7 cm³/mol. The van der Waals surface area contributed by atoms with Crippen molar-refractivity contribution in [2.75, 3.05) is 19.0 Å². The molecular formula is C10H13F2NO. The summed E-state index contributed by atoms with van der Waals surface area (Å²) < 4.78 is 31.2. The standard InChI is InChI=1S/C10H13F2NO/c1-3-4-13-10-8(11)5-7(14-2)6-9(10)12/h5-6,13H,3-4H2,1-2H3. The van der Waals surface area contributed by atoms with Crippen molar-refractivity contribution in [2.24, 2.45) is 0 Å². The predicted octanol–water partition coefficient (Wildman–Crippen LogP) is 2.80. The van der Waals surface area contributed by atoms with Crippen molar-refractivity contribution in [3.05, 3.63) is 23.8 Å². The molecule has 0 aliphatic carbocycles. The Hall–Kier alpha value is -1.32. The van der Waals surface area contributed by atoms with Crippen LogP contribution in [0.25, 0.3) is 0 Å². The van der Waals surface area contributed by atoms with Gasteiger partial charge in [-0.25, -0.2) is 8.78 Å². The second-order valence-corrected chi connectivity index (χ2v) is 2.89. The van der Waals surface area contributed by atoms with Gasteiger partial charge in [0.05, 0.1) is 7.11 Å². The molecule has 78 valence electrons. The molecule has 0 spiro atoms. The summed E-state index contributed by atoms with van der Waals surface area (Å²) in [6.45, 7) is 2.46. The van der Waals surface area contributed by atoms with Crippen molar-refractivity contribution in [1.29, 1.82) is 0 Å². The van der Waals surface area contributed by atoms with Crippen LogP contribution in [0.2, 0.25) is 0 Å². The van der Waals surface area contributed by atoms with E-state index in [2.05, 4.69) is 5.32 Å². The van der Waals surface area contributed by atoms with Gasteiger partial charge in [-0.1, -0.05) is 6.92 Å². The van der Waals surface area contributed by atoms with Crippen LogP contribution in [0.15, 0.2) is 12.1 Å². The molecular weight excluding hydrogens is 188 g/mol. The van der Waals surface area contributed by atoms with Crippen LogP contribution in [-0.2, 0) is 0 Å². The van der Waals surface area contributed by atoms with Gasteiger partial charge < -0.3 is 10.1 Å². The topological polar surface area (TPSA) is 21.3 Å². The molecule has 0 saturated heterocycles. The number of benzene rings is 1. The monoisotopic (exact) mass is 201 g/mol. The van der Waals surface area contributed by atoms with Crippen LogP contribution in [0, 0.1) is 11.6 Å². The summed E-state index contributed by atoms with van der Waals surface area (Å²) in [4.78, 5) is 0. The molecule has 0 bridgehead atoms. The second kappa shape index (κ2) is 4.79. The smallest absolute Gasteiger partial charge is 0.152 e. The Morgan fingerprint density at radius 1 is 1.29 bits per heavy atom. The van der Waals surface area contributed by atoms with Crippen LogP contribution < -0.4 is 10.1 Å². The van der Waals surface area contributed by atoms with Gasteiger partial charge in [-0.2, -0.15) is 0 Å². The van der Waals surface area contributed by atoms with Gasteiger partial charge in [-0.3, -0.25) is 0 Å². The van der Waals surface area contributed by atoms with Crippen molar-refractivity contribution >= 4 is 5.69 Å². The third-order valence-corrected chi connectivity index (χ3v) is 1.80. The molecule has 14 heavy (non-hydrogen) atoms. The minimum Gasteiger partial charge on any atom is -0.497 e. The van der Waals surface area contributed by atoms with E-state index in [1.54, 1.807) is 0 Å². The Bertz CT molecular complexity index is 292. The van der Waals surface area contributed by atoms with Crippen molar-refractivity contribution < 1.29 is 13.5 Å². The fourth-order valence-corrected chi connectivity index (χ4v) is 1.09. The highest BCUT2D eigenvalue weighted by Crippen LogP contribution is 2.24. The average molecular weight is 201 g/mol. The lowest BCUT2D eigenvalue weighted by Gasteiger charge is -2.08. The number of hydrogen-bond donors (Lipinski definition) is 1. The lowest BCUT2D eigenvalue weighted by atomic mass is 10.2. The zero-order chi connectivity index (χ0) is 10.6. The van der Waals surface area contributed by atoms with E-state index in [4.69, 9.17) is 4.74 Å². The van der Waals surface area contributed by atoms with Gasteiger partial charge in [-0.15, -0.1) is 0 Å². The molecule has 2 nitrogen and oxygen atoms in total. The van der Waals surface area contributed by atoms with E-state index in [1.165, 1.54) is 7.11 Å². The summed E-state index contributed by atoms with van der Waals surface area (Å²) in [5.74, 6) is -1.08. The zero-order valence-corrected chi connectivity index (χ0v) is 8.23. The lowest BCUT2D eigenvalue weighted by molar-refractivity contribution is 0.407. The first-order valence-electron chi connectivity index (χ1n) is 4.46. The molecule has 4 heteroatoms. The van der Waals surface area contributed by atoms with Crippen molar-refractivity contribution in [3.63, 3.8) is 0 Å². The Morgan fingerprint density at radius 3 is 2.29 bits per heavy atom. The Morgan fingerprint density at radius 2 is 1.86 bits per heavy atom. The van der Waals surface area contributed by atoms with E-state index in [-0.39, 0.29) is 11.4 Å². The molecule has 0 aliphatic rings. The molecule has 1 aromatic rings.